The van der Waals surface area contributed by atoms with E-state index < -0.39 is 0 Å². The third kappa shape index (κ3) is 5.78. The van der Waals surface area contributed by atoms with Gasteiger partial charge >= 0.3 is 0 Å². The van der Waals surface area contributed by atoms with Crippen molar-refractivity contribution in [1.29, 1.82) is 0 Å². The smallest absolute Gasteiger partial charge is 0.254 e. The van der Waals surface area contributed by atoms with Gasteiger partial charge in [-0.1, -0.05) is 0 Å². The summed E-state index contributed by atoms with van der Waals surface area (Å²) in [6.07, 6.45) is 2.11. The van der Waals surface area contributed by atoms with Crippen molar-refractivity contribution in [3.63, 3.8) is 0 Å². The molecule has 1 aliphatic heterocycles. The van der Waals surface area contributed by atoms with Crippen molar-refractivity contribution in [2.75, 3.05) is 40.4 Å². The van der Waals surface area contributed by atoms with E-state index in [4.69, 9.17) is 15.2 Å². The molecule has 1 aromatic carbocycles. The summed E-state index contributed by atoms with van der Waals surface area (Å²) in [5.41, 5.74) is 5.96. The van der Waals surface area contributed by atoms with Crippen molar-refractivity contribution in [2.45, 2.75) is 19.3 Å². The molecule has 0 aromatic heterocycles. The van der Waals surface area contributed by atoms with Crippen molar-refractivity contribution < 1.29 is 19.1 Å². The van der Waals surface area contributed by atoms with Gasteiger partial charge in [0.05, 0.1) is 14.2 Å². The van der Waals surface area contributed by atoms with Crippen LogP contribution in [0.25, 0.3) is 0 Å². The average molecular weight is 386 g/mol. The van der Waals surface area contributed by atoms with Gasteiger partial charge in [0, 0.05) is 37.2 Å². The summed E-state index contributed by atoms with van der Waals surface area (Å²) in [6, 6.07) is 5.14. The molecule has 1 heterocycles. The van der Waals surface area contributed by atoms with E-state index in [1.165, 1.54) is 0 Å². The predicted molar refractivity (Wildman–Crippen MR) is 102 cm³/mol. The molecule has 0 radical (unpaired) electrons. The number of carbonyl (C=O) groups excluding carboxylic acids is 2. The molecule has 0 bridgehead atoms. The van der Waals surface area contributed by atoms with E-state index in [0.29, 0.717) is 56.1 Å². The van der Waals surface area contributed by atoms with E-state index in [0.717, 1.165) is 6.42 Å². The van der Waals surface area contributed by atoms with Crippen LogP contribution in [0.5, 0.6) is 11.5 Å². The number of hydrogen-bond donors (Lipinski definition) is 2. The molecule has 0 aliphatic carbocycles. The number of nitrogens with two attached hydrogens (primary N) is 1. The van der Waals surface area contributed by atoms with E-state index in [-0.39, 0.29) is 30.1 Å². The summed E-state index contributed by atoms with van der Waals surface area (Å²) in [4.78, 5) is 26.6. The normalized spacial score (nSPS) is 14.3. The summed E-state index contributed by atoms with van der Waals surface area (Å²) in [5, 5.41) is 2.90. The Hall–Kier alpha value is -1.99. The first-order chi connectivity index (χ1) is 12.1. The largest absolute Gasteiger partial charge is 0.497 e. The Kier molecular flexibility index (Phi) is 9.23. The van der Waals surface area contributed by atoms with Crippen molar-refractivity contribution in [1.82, 2.24) is 10.2 Å². The van der Waals surface area contributed by atoms with Crippen LogP contribution < -0.4 is 20.5 Å². The van der Waals surface area contributed by atoms with Crippen LogP contribution in [0.1, 0.15) is 29.6 Å². The van der Waals surface area contributed by atoms with E-state index in [1.807, 2.05) is 0 Å². The van der Waals surface area contributed by atoms with Gasteiger partial charge in [-0.05, 0) is 37.9 Å². The van der Waals surface area contributed by atoms with E-state index in [9.17, 15) is 9.59 Å². The lowest BCUT2D eigenvalue weighted by Crippen LogP contribution is -2.43. The molecule has 0 atom stereocenters. The van der Waals surface area contributed by atoms with Gasteiger partial charge < -0.3 is 25.4 Å². The second-order valence-electron chi connectivity index (χ2n) is 6.10. The number of nitrogens with zero attached hydrogens (tertiary/aromatic N) is 1. The molecular formula is C18H28ClN3O4. The van der Waals surface area contributed by atoms with Crippen molar-refractivity contribution in [3.05, 3.63) is 23.8 Å². The van der Waals surface area contributed by atoms with Gasteiger partial charge in [-0.15, -0.1) is 12.4 Å². The minimum atomic E-state index is -0.0702. The Labute approximate surface area is 160 Å². The SMILES string of the molecule is COc1cc(OC)cc(C(=O)N2CCC(C(=O)NCCCN)CC2)c1.Cl. The standard InChI is InChI=1S/C18H27N3O4.ClH/c1-24-15-10-14(11-16(12-15)25-2)18(23)21-8-4-13(5-9-21)17(22)20-7-3-6-19;/h10-13H,3-9,19H2,1-2H3,(H,20,22);1H. The van der Waals surface area contributed by atoms with Crippen LogP contribution in [0.15, 0.2) is 18.2 Å². The zero-order chi connectivity index (χ0) is 18.2. The van der Waals surface area contributed by atoms with Gasteiger partial charge in [0.2, 0.25) is 5.91 Å². The zero-order valence-corrected chi connectivity index (χ0v) is 16.1. The van der Waals surface area contributed by atoms with Crippen molar-refractivity contribution in [2.24, 2.45) is 11.7 Å². The molecule has 2 rings (SSSR count). The highest BCUT2D eigenvalue weighted by Crippen LogP contribution is 2.25. The number of likely N-dealkylation sites (tertiary alicyclic amines) is 1. The lowest BCUT2D eigenvalue weighted by Gasteiger charge is -2.31. The summed E-state index contributed by atoms with van der Waals surface area (Å²) in [6.45, 7) is 2.30. The second kappa shape index (κ2) is 10.9. The van der Waals surface area contributed by atoms with E-state index in [1.54, 1.807) is 37.3 Å². The molecule has 26 heavy (non-hydrogen) atoms. The van der Waals surface area contributed by atoms with Gasteiger partial charge in [0.1, 0.15) is 11.5 Å². The number of piperidine rings is 1. The Morgan fingerprint density at radius 3 is 2.23 bits per heavy atom. The molecule has 8 heteroatoms. The van der Waals surface area contributed by atoms with Crippen LogP contribution in [-0.2, 0) is 4.79 Å². The maximum Gasteiger partial charge on any atom is 0.254 e. The number of carbonyl (C=O) groups is 2. The minimum absolute atomic E-state index is 0. The molecule has 7 nitrogen and oxygen atoms in total. The highest BCUT2D eigenvalue weighted by atomic mass is 35.5. The summed E-state index contributed by atoms with van der Waals surface area (Å²) in [5.74, 6) is 1.11. The maximum absolute atomic E-state index is 12.7. The number of ether oxygens (including phenoxy) is 2. The number of halogens is 1. The molecule has 146 valence electrons. The molecule has 1 aromatic rings. The minimum Gasteiger partial charge on any atom is -0.497 e. The molecule has 2 amide bonds. The topological polar surface area (TPSA) is 93.9 Å². The van der Waals surface area contributed by atoms with E-state index >= 15 is 0 Å². The average Bonchev–Trinajstić information content (AvgIpc) is 2.67. The molecule has 1 fully saturated rings. The first-order valence-electron chi connectivity index (χ1n) is 8.59. The fraction of sp³-hybridized carbons (Fsp3) is 0.556. The van der Waals surface area contributed by atoms with Gasteiger partial charge in [-0.3, -0.25) is 9.59 Å². The second-order valence-corrected chi connectivity index (χ2v) is 6.10. The van der Waals surface area contributed by atoms with Crippen LogP contribution in [-0.4, -0.2) is 57.1 Å². The van der Waals surface area contributed by atoms with Crippen molar-refractivity contribution >= 4 is 24.2 Å². The molecule has 1 saturated heterocycles. The third-order valence-electron chi connectivity index (χ3n) is 4.43. The highest BCUT2D eigenvalue weighted by Gasteiger charge is 2.28. The highest BCUT2D eigenvalue weighted by molar-refractivity contribution is 5.95. The van der Waals surface area contributed by atoms with Gasteiger partial charge in [-0.25, -0.2) is 0 Å². The quantitative estimate of drug-likeness (QED) is 0.693. The molecule has 0 saturated carbocycles. The fourth-order valence-electron chi connectivity index (χ4n) is 2.92. The Morgan fingerprint density at radius 2 is 1.73 bits per heavy atom. The monoisotopic (exact) mass is 385 g/mol. The molecule has 3 N–H and O–H groups in total. The van der Waals surface area contributed by atoms with Crippen LogP contribution in [0.2, 0.25) is 0 Å². The number of amides is 2. The van der Waals surface area contributed by atoms with Crippen molar-refractivity contribution in [3.8, 4) is 11.5 Å². The first kappa shape index (κ1) is 22.1. The maximum atomic E-state index is 12.7. The fourth-order valence-corrected chi connectivity index (χ4v) is 2.92. The van der Waals surface area contributed by atoms with Crippen LogP contribution in [0.3, 0.4) is 0 Å². The Morgan fingerprint density at radius 1 is 1.15 bits per heavy atom. The van der Waals surface area contributed by atoms with E-state index in [2.05, 4.69) is 5.32 Å². The molecule has 0 spiro atoms. The van der Waals surface area contributed by atoms with Gasteiger partial charge in [-0.2, -0.15) is 0 Å². The van der Waals surface area contributed by atoms with Gasteiger partial charge in [0.25, 0.3) is 5.91 Å². The number of benzene rings is 1. The van der Waals surface area contributed by atoms with Crippen LogP contribution in [0.4, 0.5) is 0 Å². The summed E-state index contributed by atoms with van der Waals surface area (Å²) in [7, 11) is 3.11. The zero-order valence-electron chi connectivity index (χ0n) is 15.3. The molecular weight excluding hydrogens is 358 g/mol. The first-order valence-corrected chi connectivity index (χ1v) is 8.59. The summed E-state index contributed by atoms with van der Waals surface area (Å²) < 4.78 is 10.4. The number of methoxy groups -OCH3 is 2. The number of hydrogen-bond acceptors (Lipinski definition) is 5. The third-order valence-corrected chi connectivity index (χ3v) is 4.43. The lowest BCUT2D eigenvalue weighted by atomic mass is 9.95. The Balaban J connectivity index is 0.00000338. The number of nitrogens with one attached hydrogen (secondary N) is 1. The predicted octanol–water partition coefficient (Wildman–Crippen LogP) is 1.44. The summed E-state index contributed by atoms with van der Waals surface area (Å²) >= 11 is 0. The number of rotatable bonds is 7. The lowest BCUT2D eigenvalue weighted by molar-refractivity contribution is -0.126. The molecule has 0 unspecified atom stereocenters. The van der Waals surface area contributed by atoms with Crippen LogP contribution >= 0.6 is 12.4 Å². The Bertz CT molecular complexity index is 582. The molecule has 1 aliphatic rings. The van der Waals surface area contributed by atoms with Gasteiger partial charge in [0.15, 0.2) is 0 Å². The van der Waals surface area contributed by atoms with Crippen LogP contribution in [0, 0.1) is 5.92 Å².